The first-order chi connectivity index (χ1) is 6.56. The van der Waals surface area contributed by atoms with Crippen molar-refractivity contribution in [2.45, 2.75) is 13.0 Å². The summed E-state index contributed by atoms with van der Waals surface area (Å²) in [6.45, 7) is 1.81. The molecule has 0 aliphatic rings. The summed E-state index contributed by atoms with van der Waals surface area (Å²) in [6, 6.07) is 4.67. The molecule has 0 spiro atoms. The molecule has 1 rings (SSSR count). The van der Waals surface area contributed by atoms with E-state index in [1.807, 2.05) is 6.92 Å². The molecule has 5 heteroatoms. The molecule has 0 bridgehead atoms. The van der Waals surface area contributed by atoms with Gasteiger partial charge in [-0.2, -0.15) is 0 Å². The van der Waals surface area contributed by atoms with Crippen LogP contribution in [0.5, 0.6) is 0 Å². The predicted octanol–water partition coefficient (Wildman–Crippen LogP) is 1.88. The number of hydrogen-bond donors (Lipinski definition) is 1. The van der Waals surface area contributed by atoms with Gasteiger partial charge < -0.3 is 10.5 Å². The molecule has 0 amide bonds. The molecule has 14 heavy (non-hydrogen) atoms. The summed E-state index contributed by atoms with van der Waals surface area (Å²) < 4.78 is 5.05. The number of rotatable bonds is 3. The second-order valence-electron chi connectivity index (χ2n) is 2.95. The average molecular weight is 196 g/mol. The summed E-state index contributed by atoms with van der Waals surface area (Å²) in [5.74, 6) is 0. The van der Waals surface area contributed by atoms with Gasteiger partial charge in [-0.05, 0) is 18.6 Å². The number of ether oxygens (including phenoxy) is 1. The van der Waals surface area contributed by atoms with Gasteiger partial charge in [0.25, 0.3) is 5.69 Å². The van der Waals surface area contributed by atoms with Crippen LogP contribution in [0.2, 0.25) is 0 Å². The first-order valence-electron chi connectivity index (χ1n) is 4.13. The van der Waals surface area contributed by atoms with E-state index in [0.29, 0.717) is 0 Å². The molecule has 76 valence electrons. The highest BCUT2D eigenvalue weighted by molar-refractivity contribution is 5.59. The Morgan fingerprint density at radius 1 is 1.57 bits per heavy atom. The SMILES string of the molecule is CO[C@H](C)c1ccc(N)c([N+](=O)[O-])c1. The number of hydrogen-bond acceptors (Lipinski definition) is 4. The number of nitrogens with zero attached hydrogens (tertiary/aromatic N) is 1. The third-order valence-corrected chi connectivity index (χ3v) is 2.07. The summed E-state index contributed by atoms with van der Waals surface area (Å²) in [7, 11) is 1.55. The van der Waals surface area contributed by atoms with E-state index in [2.05, 4.69) is 0 Å². The number of anilines is 1. The molecule has 0 aromatic heterocycles. The Kier molecular flexibility index (Phi) is 3.03. The number of benzene rings is 1. The van der Waals surface area contributed by atoms with Gasteiger partial charge in [0, 0.05) is 13.2 Å². The minimum absolute atomic E-state index is 0.0774. The Hall–Kier alpha value is -1.62. The number of methoxy groups -OCH3 is 1. The van der Waals surface area contributed by atoms with Crippen molar-refractivity contribution < 1.29 is 9.66 Å². The van der Waals surface area contributed by atoms with Crippen molar-refractivity contribution in [3.05, 3.63) is 33.9 Å². The Balaban J connectivity index is 3.12. The zero-order valence-corrected chi connectivity index (χ0v) is 8.06. The summed E-state index contributed by atoms with van der Waals surface area (Å²) in [5, 5.41) is 10.6. The van der Waals surface area contributed by atoms with Crippen LogP contribution in [0.1, 0.15) is 18.6 Å². The van der Waals surface area contributed by atoms with Gasteiger partial charge in [-0.15, -0.1) is 0 Å². The normalized spacial score (nSPS) is 12.4. The second-order valence-corrected chi connectivity index (χ2v) is 2.95. The molecule has 0 saturated carbocycles. The average Bonchev–Trinajstić information content (AvgIpc) is 2.17. The molecular weight excluding hydrogens is 184 g/mol. The van der Waals surface area contributed by atoms with E-state index in [-0.39, 0.29) is 17.5 Å². The van der Waals surface area contributed by atoms with Gasteiger partial charge in [0.2, 0.25) is 0 Å². The molecular formula is C9H12N2O3. The van der Waals surface area contributed by atoms with Crippen LogP contribution in [-0.4, -0.2) is 12.0 Å². The Morgan fingerprint density at radius 3 is 2.71 bits per heavy atom. The summed E-state index contributed by atoms with van der Waals surface area (Å²) in [4.78, 5) is 10.1. The summed E-state index contributed by atoms with van der Waals surface area (Å²) in [5.41, 5.74) is 6.28. The molecule has 1 aromatic carbocycles. The molecule has 0 unspecified atom stereocenters. The van der Waals surface area contributed by atoms with Crippen molar-refractivity contribution in [1.82, 2.24) is 0 Å². The molecule has 5 nitrogen and oxygen atoms in total. The van der Waals surface area contributed by atoms with Crippen molar-refractivity contribution in [2.75, 3.05) is 12.8 Å². The fraction of sp³-hybridized carbons (Fsp3) is 0.333. The van der Waals surface area contributed by atoms with Gasteiger partial charge in [0.1, 0.15) is 5.69 Å². The maximum Gasteiger partial charge on any atom is 0.292 e. The number of nitrogens with two attached hydrogens (primary N) is 1. The van der Waals surface area contributed by atoms with E-state index in [4.69, 9.17) is 10.5 Å². The number of nitro benzene ring substituents is 1. The van der Waals surface area contributed by atoms with Gasteiger partial charge in [-0.25, -0.2) is 0 Å². The lowest BCUT2D eigenvalue weighted by Gasteiger charge is -2.09. The van der Waals surface area contributed by atoms with E-state index >= 15 is 0 Å². The molecule has 0 heterocycles. The van der Waals surface area contributed by atoms with Crippen molar-refractivity contribution in [3.63, 3.8) is 0 Å². The van der Waals surface area contributed by atoms with Crippen LogP contribution >= 0.6 is 0 Å². The molecule has 1 atom stereocenters. The maximum atomic E-state index is 10.6. The summed E-state index contributed by atoms with van der Waals surface area (Å²) >= 11 is 0. The highest BCUT2D eigenvalue weighted by Crippen LogP contribution is 2.26. The highest BCUT2D eigenvalue weighted by atomic mass is 16.6. The van der Waals surface area contributed by atoms with Crippen molar-refractivity contribution in [1.29, 1.82) is 0 Å². The van der Waals surface area contributed by atoms with Crippen LogP contribution in [0.4, 0.5) is 11.4 Å². The third-order valence-electron chi connectivity index (χ3n) is 2.07. The third kappa shape index (κ3) is 2.00. The first kappa shape index (κ1) is 10.5. The van der Waals surface area contributed by atoms with Gasteiger partial charge in [-0.3, -0.25) is 10.1 Å². The van der Waals surface area contributed by atoms with E-state index < -0.39 is 4.92 Å². The van der Waals surface area contributed by atoms with Gasteiger partial charge >= 0.3 is 0 Å². The van der Waals surface area contributed by atoms with Gasteiger partial charge in [0.05, 0.1) is 11.0 Å². The van der Waals surface area contributed by atoms with E-state index in [1.54, 1.807) is 13.2 Å². The van der Waals surface area contributed by atoms with Crippen LogP contribution in [0.15, 0.2) is 18.2 Å². The lowest BCUT2D eigenvalue weighted by atomic mass is 10.1. The van der Waals surface area contributed by atoms with E-state index in [0.717, 1.165) is 5.56 Å². The minimum Gasteiger partial charge on any atom is -0.393 e. The van der Waals surface area contributed by atoms with E-state index in [9.17, 15) is 10.1 Å². The largest absolute Gasteiger partial charge is 0.393 e. The predicted molar refractivity (Wildman–Crippen MR) is 52.9 cm³/mol. The monoisotopic (exact) mass is 196 g/mol. The van der Waals surface area contributed by atoms with E-state index in [1.165, 1.54) is 12.1 Å². The summed E-state index contributed by atoms with van der Waals surface area (Å²) in [6.07, 6.45) is -0.172. The van der Waals surface area contributed by atoms with Crippen LogP contribution in [0.3, 0.4) is 0 Å². The highest BCUT2D eigenvalue weighted by Gasteiger charge is 2.14. The van der Waals surface area contributed by atoms with Gasteiger partial charge in [-0.1, -0.05) is 6.07 Å². The van der Waals surface area contributed by atoms with Crippen LogP contribution < -0.4 is 5.73 Å². The molecule has 0 saturated heterocycles. The quantitative estimate of drug-likeness (QED) is 0.454. The number of nitro groups is 1. The molecule has 0 aliphatic carbocycles. The smallest absolute Gasteiger partial charge is 0.292 e. The molecule has 1 aromatic rings. The zero-order chi connectivity index (χ0) is 10.7. The standard InChI is InChI=1S/C9H12N2O3/c1-6(14-2)7-3-4-8(10)9(5-7)11(12)13/h3-6H,10H2,1-2H3/t6-/m1/s1. The molecule has 0 fully saturated rings. The Morgan fingerprint density at radius 2 is 2.21 bits per heavy atom. The second kappa shape index (κ2) is 4.06. The van der Waals surface area contributed by atoms with Crippen molar-refractivity contribution in [2.24, 2.45) is 0 Å². The fourth-order valence-corrected chi connectivity index (χ4v) is 1.11. The fourth-order valence-electron chi connectivity index (χ4n) is 1.11. The topological polar surface area (TPSA) is 78.4 Å². The Labute approximate surface area is 81.6 Å². The van der Waals surface area contributed by atoms with Crippen molar-refractivity contribution in [3.8, 4) is 0 Å². The number of nitrogen functional groups attached to an aromatic ring is 1. The van der Waals surface area contributed by atoms with Crippen LogP contribution in [0.25, 0.3) is 0 Å². The lowest BCUT2D eigenvalue weighted by Crippen LogP contribution is -2.00. The maximum absolute atomic E-state index is 10.6. The lowest BCUT2D eigenvalue weighted by molar-refractivity contribution is -0.384. The van der Waals surface area contributed by atoms with Crippen molar-refractivity contribution >= 4 is 11.4 Å². The van der Waals surface area contributed by atoms with Crippen LogP contribution in [0, 0.1) is 10.1 Å². The van der Waals surface area contributed by atoms with Crippen LogP contribution in [-0.2, 0) is 4.74 Å². The van der Waals surface area contributed by atoms with Gasteiger partial charge in [0.15, 0.2) is 0 Å². The molecule has 0 radical (unpaired) electrons. The Bertz CT molecular complexity index is 352. The first-order valence-corrected chi connectivity index (χ1v) is 4.13. The molecule has 0 aliphatic heterocycles. The molecule has 2 N–H and O–H groups in total. The zero-order valence-electron chi connectivity index (χ0n) is 8.06. The minimum atomic E-state index is -0.499.